The molecule has 14 heavy (non-hydrogen) atoms. The van der Waals surface area contributed by atoms with Gasteiger partial charge in [-0.25, -0.2) is 0 Å². The van der Waals surface area contributed by atoms with Crippen LogP contribution in [0, 0.1) is 0 Å². The predicted octanol–water partition coefficient (Wildman–Crippen LogP) is 2.40. The third-order valence-corrected chi connectivity index (χ3v) is 3.32. The van der Waals surface area contributed by atoms with Crippen LogP contribution in [0.2, 0.25) is 0 Å². The van der Waals surface area contributed by atoms with Gasteiger partial charge in [0.1, 0.15) is 5.75 Å². The minimum Gasteiger partial charge on any atom is -0.497 e. The van der Waals surface area contributed by atoms with Crippen LogP contribution in [0.5, 0.6) is 5.75 Å². The average molecular weight is 211 g/mol. The van der Waals surface area contributed by atoms with Gasteiger partial charge < -0.3 is 10.1 Å². The molecule has 1 N–H and O–H groups in total. The second-order valence-corrected chi connectivity index (χ2v) is 4.27. The minimum atomic E-state index is 0.544. The van der Waals surface area contributed by atoms with Crippen LogP contribution in [0.4, 0.5) is 0 Å². The highest BCUT2D eigenvalue weighted by Gasteiger charge is 1.99. The Bertz CT molecular complexity index is 260. The van der Waals surface area contributed by atoms with Crippen molar-refractivity contribution in [2.45, 2.75) is 17.9 Å². The van der Waals surface area contributed by atoms with Crippen LogP contribution in [0.1, 0.15) is 6.92 Å². The van der Waals surface area contributed by atoms with E-state index in [0.717, 1.165) is 11.5 Å². The second kappa shape index (κ2) is 5.94. The number of nitrogens with one attached hydrogen (secondary N) is 1. The number of benzene rings is 1. The predicted molar refractivity (Wildman–Crippen MR) is 62.2 cm³/mol. The van der Waals surface area contributed by atoms with Crippen LogP contribution in [-0.4, -0.2) is 26.0 Å². The Kier molecular flexibility index (Phi) is 4.84. The van der Waals surface area contributed by atoms with Crippen LogP contribution in [-0.2, 0) is 0 Å². The summed E-state index contributed by atoms with van der Waals surface area (Å²) in [6.07, 6.45) is 0. The van der Waals surface area contributed by atoms with Crippen LogP contribution >= 0.6 is 11.8 Å². The van der Waals surface area contributed by atoms with E-state index in [1.54, 1.807) is 7.11 Å². The van der Waals surface area contributed by atoms with Gasteiger partial charge in [0, 0.05) is 16.7 Å². The van der Waals surface area contributed by atoms with E-state index in [-0.39, 0.29) is 0 Å². The zero-order valence-electron chi connectivity index (χ0n) is 8.91. The molecule has 78 valence electrons. The van der Waals surface area contributed by atoms with Crippen LogP contribution < -0.4 is 10.1 Å². The topological polar surface area (TPSA) is 21.3 Å². The Balaban J connectivity index is 2.43. The quantitative estimate of drug-likeness (QED) is 0.756. The van der Waals surface area contributed by atoms with E-state index in [1.807, 2.05) is 30.9 Å². The molecule has 1 aromatic carbocycles. The number of methoxy groups -OCH3 is 1. The first-order valence-electron chi connectivity index (χ1n) is 4.70. The van der Waals surface area contributed by atoms with Crippen LogP contribution in [0.15, 0.2) is 29.2 Å². The smallest absolute Gasteiger partial charge is 0.118 e. The summed E-state index contributed by atoms with van der Waals surface area (Å²) in [4.78, 5) is 1.29. The van der Waals surface area contributed by atoms with Crippen LogP contribution in [0.3, 0.4) is 0 Å². The van der Waals surface area contributed by atoms with Gasteiger partial charge in [0.05, 0.1) is 7.11 Å². The van der Waals surface area contributed by atoms with Gasteiger partial charge in [-0.15, -0.1) is 11.8 Å². The molecule has 0 aliphatic carbocycles. The number of rotatable bonds is 5. The summed E-state index contributed by atoms with van der Waals surface area (Å²) in [5, 5.41) is 3.21. The lowest BCUT2D eigenvalue weighted by molar-refractivity contribution is 0.414. The molecule has 1 rings (SSSR count). The monoisotopic (exact) mass is 211 g/mol. The Labute approximate surface area is 90.0 Å². The normalized spacial score (nSPS) is 12.5. The van der Waals surface area contributed by atoms with Crippen molar-refractivity contribution in [3.8, 4) is 5.75 Å². The molecule has 2 nitrogen and oxygen atoms in total. The Hall–Kier alpha value is -0.670. The third kappa shape index (κ3) is 3.60. The third-order valence-electron chi connectivity index (χ3n) is 2.05. The number of hydrogen-bond donors (Lipinski definition) is 1. The summed E-state index contributed by atoms with van der Waals surface area (Å²) < 4.78 is 5.09. The lowest BCUT2D eigenvalue weighted by Crippen LogP contribution is -2.23. The maximum Gasteiger partial charge on any atom is 0.118 e. The molecule has 0 saturated heterocycles. The molecule has 0 aliphatic heterocycles. The van der Waals surface area contributed by atoms with E-state index in [9.17, 15) is 0 Å². The van der Waals surface area contributed by atoms with E-state index >= 15 is 0 Å². The van der Waals surface area contributed by atoms with Gasteiger partial charge in [0.15, 0.2) is 0 Å². The fourth-order valence-electron chi connectivity index (χ4n) is 0.977. The molecule has 0 heterocycles. The molecule has 0 spiro atoms. The van der Waals surface area contributed by atoms with Crippen molar-refractivity contribution in [2.24, 2.45) is 0 Å². The molecule has 0 aliphatic rings. The highest BCUT2D eigenvalue weighted by molar-refractivity contribution is 7.99. The lowest BCUT2D eigenvalue weighted by Gasteiger charge is -2.09. The largest absolute Gasteiger partial charge is 0.497 e. The van der Waals surface area contributed by atoms with Gasteiger partial charge >= 0.3 is 0 Å². The SMILES string of the molecule is CNC(C)CSc1ccc(OC)cc1. The molecule has 1 atom stereocenters. The Morgan fingerprint density at radius 3 is 2.50 bits per heavy atom. The summed E-state index contributed by atoms with van der Waals surface area (Å²) in [5.41, 5.74) is 0. The zero-order chi connectivity index (χ0) is 10.4. The average Bonchev–Trinajstić information content (AvgIpc) is 2.26. The van der Waals surface area contributed by atoms with E-state index < -0.39 is 0 Å². The van der Waals surface area contributed by atoms with Gasteiger partial charge in [0.25, 0.3) is 0 Å². The molecule has 1 unspecified atom stereocenters. The zero-order valence-corrected chi connectivity index (χ0v) is 9.73. The standard InChI is InChI=1S/C11H17NOS/c1-9(12-2)8-14-11-6-4-10(13-3)5-7-11/h4-7,9,12H,8H2,1-3H3. The summed E-state index contributed by atoms with van der Waals surface area (Å²) >= 11 is 1.85. The Morgan fingerprint density at radius 2 is 2.00 bits per heavy atom. The van der Waals surface area contributed by atoms with Crippen molar-refractivity contribution < 1.29 is 4.74 Å². The molecule has 0 aromatic heterocycles. The lowest BCUT2D eigenvalue weighted by atomic mass is 10.3. The Morgan fingerprint density at radius 1 is 1.36 bits per heavy atom. The maximum atomic E-state index is 5.09. The van der Waals surface area contributed by atoms with Crippen LogP contribution in [0.25, 0.3) is 0 Å². The van der Waals surface area contributed by atoms with Crippen molar-refractivity contribution in [1.29, 1.82) is 0 Å². The molecular formula is C11H17NOS. The number of thioether (sulfide) groups is 1. The molecular weight excluding hydrogens is 194 g/mol. The fraction of sp³-hybridized carbons (Fsp3) is 0.455. The number of ether oxygens (including phenoxy) is 1. The van der Waals surface area contributed by atoms with Gasteiger partial charge in [0.2, 0.25) is 0 Å². The summed E-state index contributed by atoms with van der Waals surface area (Å²) in [6, 6.07) is 8.71. The van der Waals surface area contributed by atoms with E-state index in [2.05, 4.69) is 24.4 Å². The molecule has 0 amide bonds. The van der Waals surface area contributed by atoms with E-state index in [1.165, 1.54) is 4.90 Å². The first-order chi connectivity index (χ1) is 6.76. The van der Waals surface area contributed by atoms with Crippen molar-refractivity contribution in [3.05, 3.63) is 24.3 Å². The maximum absolute atomic E-state index is 5.09. The van der Waals surface area contributed by atoms with Crippen molar-refractivity contribution in [1.82, 2.24) is 5.32 Å². The van der Waals surface area contributed by atoms with Crippen molar-refractivity contribution >= 4 is 11.8 Å². The second-order valence-electron chi connectivity index (χ2n) is 3.18. The summed E-state index contributed by atoms with van der Waals surface area (Å²) in [6.45, 7) is 2.18. The number of hydrogen-bond acceptors (Lipinski definition) is 3. The first-order valence-corrected chi connectivity index (χ1v) is 5.69. The highest BCUT2D eigenvalue weighted by Crippen LogP contribution is 2.21. The minimum absolute atomic E-state index is 0.544. The molecule has 0 fully saturated rings. The highest BCUT2D eigenvalue weighted by atomic mass is 32.2. The fourth-order valence-corrected chi connectivity index (χ4v) is 1.91. The van der Waals surface area contributed by atoms with Gasteiger partial charge in [-0.3, -0.25) is 0 Å². The van der Waals surface area contributed by atoms with Gasteiger partial charge in [-0.1, -0.05) is 0 Å². The molecule has 0 bridgehead atoms. The molecule has 0 radical (unpaired) electrons. The van der Waals surface area contributed by atoms with E-state index in [4.69, 9.17) is 4.74 Å². The first kappa shape index (κ1) is 11.4. The molecule has 0 saturated carbocycles. The van der Waals surface area contributed by atoms with Crippen molar-refractivity contribution in [2.75, 3.05) is 19.9 Å². The molecule has 1 aromatic rings. The van der Waals surface area contributed by atoms with Gasteiger partial charge in [-0.05, 0) is 38.2 Å². The van der Waals surface area contributed by atoms with Crippen molar-refractivity contribution in [3.63, 3.8) is 0 Å². The van der Waals surface area contributed by atoms with Gasteiger partial charge in [-0.2, -0.15) is 0 Å². The summed E-state index contributed by atoms with van der Waals surface area (Å²) in [5.74, 6) is 2.00. The summed E-state index contributed by atoms with van der Waals surface area (Å²) in [7, 11) is 3.67. The van der Waals surface area contributed by atoms with E-state index in [0.29, 0.717) is 6.04 Å². The molecule has 3 heteroatoms.